The lowest BCUT2D eigenvalue weighted by Gasteiger charge is -2.39. The number of esters is 1. The van der Waals surface area contributed by atoms with E-state index in [4.69, 9.17) is 23.7 Å². The van der Waals surface area contributed by atoms with E-state index in [1.165, 1.54) is 18.7 Å². The van der Waals surface area contributed by atoms with Crippen LogP contribution in [0.2, 0.25) is 0 Å². The summed E-state index contributed by atoms with van der Waals surface area (Å²) in [5.74, 6) is -2.15. The van der Waals surface area contributed by atoms with Gasteiger partial charge in [-0.15, -0.1) is 6.58 Å². The molecule has 0 spiro atoms. The predicted octanol–water partition coefficient (Wildman–Crippen LogP) is 3.79. The fraction of sp³-hybridized carbons (Fsp3) is 0.769. The Labute approximate surface area is 219 Å². The maximum absolute atomic E-state index is 13.6. The number of hydrogen-bond acceptors (Lipinski definition) is 9. The number of rotatable bonds is 6. The summed E-state index contributed by atoms with van der Waals surface area (Å²) in [5, 5.41) is 0. The quantitative estimate of drug-likeness (QED) is 0.289. The van der Waals surface area contributed by atoms with Crippen LogP contribution in [0.3, 0.4) is 0 Å². The van der Waals surface area contributed by atoms with Gasteiger partial charge in [-0.05, 0) is 55.4 Å². The van der Waals surface area contributed by atoms with E-state index >= 15 is 0 Å². The zero-order valence-electron chi connectivity index (χ0n) is 23.7. The van der Waals surface area contributed by atoms with Gasteiger partial charge in [0, 0.05) is 20.3 Å². The second kappa shape index (κ2) is 11.0. The van der Waals surface area contributed by atoms with E-state index < -0.39 is 71.4 Å². The molecule has 37 heavy (non-hydrogen) atoms. The van der Waals surface area contributed by atoms with Crippen LogP contribution in [-0.2, 0) is 33.3 Å². The molecule has 2 rings (SSSR count). The third kappa shape index (κ3) is 7.91. The molecule has 5 atom stereocenters. The van der Waals surface area contributed by atoms with Crippen molar-refractivity contribution in [2.45, 2.75) is 123 Å². The van der Waals surface area contributed by atoms with Crippen LogP contribution in [0.15, 0.2) is 12.7 Å². The standard InChI is InChI=1S/C26H42N2O9/c1-12-13-18(33-16(3)30)19-21-20(34-26(10,11)35-21)17(28(19)23(32)37-25(7,8)9)14-27(15(2)29)22(31)36-24(4,5)6/h12,17-21H,1,13-14H2,2-11H3/t17-,18+,19-,20-,21+/m0/s1. The second-order valence-corrected chi connectivity index (χ2v) is 11.8. The zero-order chi connectivity index (χ0) is 28.5. The molecule has 2 aliphatic rings. The number of likely N-dealkylation sites (tertiary alicyclic amines) is 1. The maximum atomic E-state index is 13.6. The Morgan fingerprint density at radius 3 is 2.00 bits per heavy atom. The summed E-state index contributed by atoms with van der Waals surface area (Å²) in [6, 6.07) is -1.73. The van der Waals surface area contributed by atoms with Crippen LogP contribution >= 0.6 is 0 Å². The average Bonchev–Trinajstić information content (AvgIpc) is 3.12. The van der Waals surface area contributed by atoms with Crippen molar-refractivity contribution in [3.8, 4) is 0 Å². The molecule has 0 aromatic carbocycles. The maximum Gasteiger partial charge on any atom is 0.417 e. The first-order valence-electron chi connectivity index (χ1n) is 12.4. The van der Waals surface area contributed by atoms with Gasteiger partial charge in [0.05, 0.1) is 12.6 Å². The van der Waals surface area contributed by atoms with E-state index in [1.54, 1.807) is 61.5 Å². The predicted molar refractivity (Wildman–Crippen MR) is 133 cm³/mol. The number of hydrogen-bond donors (Lipinski definition) is 0. The third-order valence-corrected chi connectivity index (χ3v) is 5.62. The molecule has 0 saturated carbocycles. The molecule has 11 nitrogen and oxygen atoms in total. The van der Waals surface area contributed by atoms with Crippen LogP contribution < -0.4 is 0 Å². The highest BCUT2D eigenvalue weighted by Crippen LogP contribution is 2.43. The molecule has 0 aromatic rings. The fourth-order valence-electron chi connectivity index (χ4n) is 4.54. The highest BCUT2D eigenvalue weighted by Gasteiger charge is 2.63. The number of amides is 3. The first-order chi connectivity index (χ1) is 16.8. The van der Waals surface area contributed by atoms with Crippen LogP contribution in [0.25, 0.3) is 0 Å². The van der Waals surface area contributed by atoms with Crippen LogP contribution in [0.4, 0.5) is 9.59 Å². The molecular formula is C26H42N2O9. The van der Waals surface area contributed by atoms with Gasteiger partial charge < -0.3 is 23.7 Å². The number of fused-ring (bicyclic) bond motifs is 1. The molecule has 11 heteroatoms. The van der Waals surface area contributed by atoms with Gasteiger partial charge in [-0.3, -0.25) is 14.5 Å². The largest absolute Gasteiger partial charge is 0.460 e. The Bertz CT molecular complexity index is 903. The minimum Gasteiger partial charge on any atom is -0.460 e. The molecule has 2 aliphatic heterocycles. The van der Waals surface area contributed by atoms with Gasteiger partial charge in [0.15, 0.2) is 5.79 Å². The number of carbonyl (C=O) groups is 4. The number of carbonyl (C=O) groups excluding carboxylic acids is 4. The highest BCUT2D eigenvalue weighted by molar-refractivity contribution is 5.90. The zero-order valence-corrected chi connectivity index (χ0v) is 23.7. The topological polar surface area (TPSA) is 121 Å². The molecule has 0 unspecified atom stereocenters. The van der Waals surface area contributed by atoms with Gasteiger partial charge in [-0.1, -0.05) is 6.08 Å². The van der Waals surface area contributed by atoms with Gasteiger partial charge in [-0.25, -0.2) is 14.5 Å². The number of ether oxygens (including phenoxy) is 5. The summed E-state index contributed by atoms with van der Waals surface area (Å²) >= 11 is 0. The lowest BCUT2D eigenvalue weighted by molar-refractivity contribution is -0.177. The van der Waals surface area contributed by atoms with Crippen molar-refractivity contribution < 1.29 is 42.9 Å². The van der Waals surface area contributed by atoms with Crippen molar-refractivity contribution in [1.29, 1.82) is 0 Å². The third-order valence-electron chi connectivity index (χ3n) is 5.62. The average molecular weight is 527 g/mol. The Kier molecular flexibility index (Phi) is 9.07. The van der Waals surface area contributed by atoms with Gasteiger partial charge in [0.2, 0.25) is 5.91 Å². The minimum atomic E-state index is -1.03. The summed E-state index contributed by atoms with van der Waals surface area (Å²) < 4.78 is 29.2. The summed E-state index contributed by atoms with van der Waals surface area (Å²) in [4.78, 5) is 53.5. The van der Waals surface area contributed by atoms with Crippen LogP contribution in [0.5, 0.6) is 0 Å². The molecule has 0 radical (unpaired) electrons. The number of nitrogens with zero attached hydrogens (tertiary/aromatic N) is 2. The smallest absolute Gasteiger partial charge is 0.417 e. The molecule has 2 heterocycles. The second-order valence-electron chi connectivity index (χ2n) is 11.8. The Hall–Kier alpha value is -2.66. The lowest BCUT2D eigenvalue weighted by atomic mass is 10.0. The van der Waals surface area contributed by atoms with Crippen molar-refractivity contribution in [2.24, 2.45) is 0 Å². The Morgan fingerprint density at radius 1 is 1.00 bits per heavy atom. The normalized spacial score (nSPS) is 25.6. The van der Waals surface area contributed by atoms with Crippen molar-refractivity contribution in [2.75, 3.05) is 6.54 Å². The molecule has 0 N–H and O–H groups in total. The molecule has 0 aromatic heterocycles. The van der Waals surface area contributed by atoms with E-state index in [1.807, 2.05) is 0 Å². The Balaban J connectivity index is 2.61. The fourth-order valence-corrected chi connectivity index (χ4v) is 4.54. The van der Waals surface area contributed by atoms with Gasteiger partial charge >= 0.3 is 18.2 Å². The molecule has 3 amide bonds. The van der Waals surface area contributed by atoms with Crippen LogP contribution in [0, 0.1) is 0 Å². The Morgan fingerprint density at radius 2 is 1.54 bits per heavy atom. The lowest BCUT2D eigenvalue weighted by Crippen LogP contribution is -2.56. The van der Waals surface area contributed by atoms with Crippen LogP contribution in [0.1, 0.15) is 75.7 Å². The summed E-state index contributed by atoms with van der Waals surface area (Å²) in [5.41, 5.74) is -1.71. The first-order valence-corrected chi connectivity index (χ1v) is 12.4. The van der Waals surface area contributed by atoms with E-state index in [2.05, 4.69) is 6.58 Å². The molecule has 0 aliphatic carbocycles. The van der Waals surface area contributed by atoms with Gasteiger partial charge in [0.1, 0.15) is 35.6 Å². The van der Waals surface area contributed by atoms with Gasteiger partial charge in [-0.2, -0.15) is 0 Å². The van der Waals surface area contributed by atoms with E-state index in [0.29, 0.717) is 0 Å². The summed E-state index contributed by atoms with van der Waals surface area (Å²) in [6.45, 7) is 19.7. The minimum absolute atomic E-state index is 0.214. The molecule has 0 bridgehead atoms. The SMILES string of the molecule is C=CC[C@@H](OC(C)=O)[C@H]1[C@H]2OC(C)(C)O[C@H]2[C@H](CN(C(C)=O)C(=O)OC(C)(C)C)N1C(=O)OC(C)(C)C. The monoisotopic (exact) mass is 526 g/mol. The van der Waals surface area contributed by atoms with Crippen LogP contribution in [-0.4, -0.2) is 87.8 Å². The van der Waals surface area contributed by atoms with Crippen molar-refractivity contribution in [1.82, 2.24) is 9.80 Å². The van der Waals surface area contributed by atoms with Crippen molar-refractivity contribution in [3.63, 3.8) is 0 Å². The van der Waals surface area contributed by atoms with Crippen molar-refractivity contribution in [3.05, 3.63) is 12.7 Å². The molecule has 2 saturated heterocycles. The number of imide groups is 1. The molecular weight excluding hydrogens is 484 g/mol. The summed E-state index contributed by atoms with van der Waals surface area (Å²) in [7, 11) is 0. The van der Waals surface area contributed by atoms with Crippen molar-refractivity contribution >= 4 is 24.1 Å². The van der Waals surface area contributed by atoms with E-state index in [-0.39, 0.29) is 13.0 Å². The van der Waals surface area contributed by atoms with E-state index in [9.17, 15) is 19.2 Å². The first kappa shape index (κ1) is 30.6. The van der Waals surface area contributed by atoms with E-state index in [0.717, 1.165) is 4.90 Å². The molecule has 210 valence electrons. The summed E-state index contributed by atoms with van der Waals surface area (Å²) in [6.07, 6.45) is -2.15. The highest BCUT2D eigenvalue weighted by atomic mass is 16.8. The molecule has 2 fully saturated rings. The van der Waals surface area contributed by atoms with Gasteiger partial charge in [0.25, 0.3) is 0 Å².